The molecule has 0 aliphatic carbocycles. The summed E-state index contributed by atoms with van der Waals surface area (Å²) in [5, 5.41) is 10.1. The Hall–Kier alpha value is -2.01. The number of pyridine rings is 2. The average Bonchev–Trinajstić information content (AvgIpc) is 2.29. The van der Waals surface area contributed by atoms with Crippen LogP contribution in [-0.2, 0) is 0 Å². The van der Waals surface area contributed by atoms with E-state index in [-0.39, 0.29) is 5.82 Å². The Morgan fingerprint density at radius 3 is 2.65 bits per heavy atom. The molecule has 0 bridgehead atoms. The molecule has 17 heavy (non-hydrogen) atoms. The zero-order valence-electron chi connectivity index (χ0n) is 9.26. The van der Waals surface area contributed by atoms with E-state index in [2.05, 4.69) is 9.97 Å². The van der Waals surface area contributed by atoms with Crippen LogP contribution in [0.4, 0.5) is 10.2 Å². The topological polar surface area (TPSA) is 72.0 Å². The van der Waals surface area contributed by atoms with Gasteiger partial charge < -0.3 is 10.8 Å². The van der Waals surface area contributed by atoms with Crippen molar-refractivity contribution in [2.24, 2.45) is 0 Å². The van der Waals surface area contributed by atoms with E-state index in [1.807, 2.05) is 6.92 Å². The number of hydrogen-bond acceptors (Lipinski definition) is 4. The maximum atomic E-state index is 12.7. The Bertz CT molecular complexity index is 508. The second kappa shape index (κ2) is 4.47. The fourth-order valence-corrected chi connectivity index (χ4v) is 1.64. The molecular formula is C12H12FN3O. The number of aromatic nitrogens is 2. The van der Waals surface area contributed by atoms with Crippen molar-refractivity contribution in [2.75, 3.05) is 5.73 Å². The van der Waals surface area contributed by atoms with Crippen molar-refractivity contribution < 1.29 is 9.50 Å². The van der Waals surface area contributed by atoms with E-state index in [4.69, 9.17) is 5.73 Å². The maximum Gasteiger partial charge on any atom is 0.141 e. The summed E-state index contributed by atoms with van der Waals surface area (Å²) in [6.45, 7) is 1.82. The van der Waals surface area contributed by atoms with Crippen LogP contribution in [0.3, 0.4) is 0 Å². The number of nitrogen functional groups attached to an aromatic ring is 1. The molecule has 0 aliphatic heterocycles. The predicted molar refractivity (Wildman–Crippen MR) is 61.6 cm³/mol. The highest BCUT2D eigenvalue weighted by atomic mass is 19.1. The number of hydrogen-bond donors (Lipinski definition) is 2. The van der Waals surface area contributed by atoms with Crippen LogP contribution in [0.25, 0.3) is 0 Å². The van der Waals surface area contributed by atoms with Gasteiger partial charge in [0.25, 0.3) is 0 Å². The summed E-state index contributed by atoms with van der Waals surface area (Å²) in [6.07, 6.45) is 1.63. The second-order valence-corrected chi connectivity index (χ2v) is 3.73. The number of aryl methyl sites for hydroxylation is 1. The maximum absolute atomic E-state index is 12.7. The van der Waals surface area contributed by atoms with E-state index in [1.165, 1.54) is 12.1 Å². The van der Waals surface area contributed by atoms with E-state index < -0.39 is 11.9 Å². The van der Waals surface area contributed by atoms with Crippen molar-refractivity contribution in [1.82, 2.24) is 9.97 Å². The first-order chi connectivity index (χ1) is 8.09. The molecule has 88 valence electrons. The van der Waals surface area contributed by atoms with Gasteiger partial charge in [-0.3, -0.25) is 4.98 Å². The second-order valence-electron chi connectivity index (χ2n) is 3.73. The number of nitrogens with zero attached hydrogens (tertiary/aromatic N) is 2. The van der Waals surface area contributed by atoms with Gasteiger partial charge in [-0.2, -0.15) is 0 Å². The number of rotatable bonds is 2. The Kier molecular flexibility index (Phi) is 3.01. The van der Waals surface area contributed by atoms with E-state index in [9.17, 15) is 9.50 Å². The van der Waals surface area contributed by atoms with Gasteiger partial charge in [-0.1, -0.05) is 0 Å². The van der Waals surface area contributed by atoms with E-state index in [1.54, 1.807) is 12.3 Å². The minimum atomic E-state index is -0.996. The van der Waals surface area contributed by atoms with Crippen LogP contribution in [0, 0.1) is 12.7 Å². The quantitative estimate of drug-likeness (QED) is 0.826. The van der Waals surface area contributed by atoms with E-state index in [0.29, 0.717) is 11.3 Å². The summed E-state index contributed by atoms with van der Waals surface area (Å²) in [6, 6.07) is 4.41. The van der Waals surface area contributed by atoms with Gasteiger partial charge in [0.15, 0.2) is 0 Å². The number of nitrogens with two attached hydrogens (primary N) is 1. The Balaban J connectivity index is 2.43. The third-order valence-corrected chi connectivity index (χ3v) is 2.54. The lowest BCUT2D eigenvalue weighted by atomic mass is 10.0. The number of aliphatic hydroxyl groups excluding tert-OH is 1. The Morgan fingerprint density at radius 2 is 2.06 bits per heavy atom. The van der Waals surface area contributed by atoms with Crippen LogP contribution >= 0.6 is 0 Å². The number of halogens is 1. The van der Waals surface area contributed by atoms with Crippen molar-refractivity contribution in [3.8, 4) is 0 Å². The van der Waals surface area contributed by atoms with Gasteiger partial charge >= 0.3 is 0 Å². The van der Waals surface area contributed by atoms with Crippen molar-refractivity contribution in [3.05, 3.63) is 53.2 Å². The van der Waals surface area contributed by atoms with Crippen molar-refractivity contribution in [1.29, 1.82) is 0 Å². The molecule has 0 amide bonds. The summed E-state index contributed by atoms with van der Waals surface area (Å²) in [4.78, 5) is 7.75. The van der Waals surface area contributed by atoms with Crippen molar-refractivity contribution in [3.63, 3.8) is 0 Å². The minimum Gasteiger partial charge on any atom is -0.383 e. The predicted octanol–water partition coefficient (Wildman–Crippen LogP) is 1.59. The highest BCUT2D eigenvalue weighted by Crippen LogP contribution is 2.26. The SMILES string of the molecule is Cc1ccnc(N)c1C(O)c1ccc(F)cn1. The first kappa shape index (κ1) is 11.5. The molecule has 2 rings (SSSR count). The molecule has 0 fully saturated rings. The van der Waals surface area contributed by atoms with E-state index >= 15 is 0 Å². The molecular weight excluding hydrogens is 221 g/mol. The Labute approximate surface area is 98.0 Å². The van der Waals surface area contributed by atoms with Gasteiger partial charge in [-0.25, -0.2) is 9.37 Å². The van der Waals surface area contributed by atoms with Crippen LogP contribution in [-0.4, -0.2) is 15.1 Å². The summed E-state index contributed by atoms with van der Waals surface area (Å²) in [5.74, 6) is -0.194. The molecule has 1 unspecified atom stereocenters. The van der Waals surface area contributed by atoms with Gasteiger partial charge in [0.1, 0.15) is 17.7 Å². The molecule has 5 heteroatoms. The molecule has 0 saturated carbocycles. The minimum absolute atomic E-state index is 0.253. The smallest absolute Gasteiger partial charge is 0.141 e. The fourth-order valence-electron chi connectivity index (χ4n) is 1.64. The lowest BCUT2D eigenvalue weighted by Crippen LogP contribution is -2.09. The molecule has 3 N–H and O–H groups in total. The standard InChI is InChI=1S/C12H12FN3O/c1-7-4-5-15-12(14)10(7)11(17)9-3-2-8(13)6-16-9/h2-6,11,17H,1H3,(H2,14,15). The fraction of sp³-hybridized carbons (Fsp3) is 0.167. The molecule has 2 heterocycles. The largest absolute Gasteiger partial charge is 0.383 e. The van der Waals surface area contributed by atoms with Crippen LogP contribution in [0.1, 0.15) is 22.9 Å². The number of aliphatic hydroxyl groups is 1. The molecule has 2 aromatic rings. The van der Waals surface area contributed by atoms with Crippen LogP contribution in [0.5, 0.6) is 0 Å². The molecule has 1 atom stereocenters. The lowest BCUT2D eigenvalue weighted by molar-refractivity contribution is 0.215. The molecule has 0 radical (unpaired) electrons. The molecule has 4 nitrogen and oxygen atoms in total. The van der Waals surface area contributed by atoms with Gasteiger partial charge in [-0.05, 0) is 30.7 Å². The van der Waals surface area contributed by atoms with Gasteiger partial charge in [0.05, 0.1) is 11.9 Å². The first-order valence-corrected chi connectivity index (χ1v) is 5.10. The highest BCUT2D eigenvalue weighted by Gasteiger charge is 2.17. The van der Waals surface area contributed by atoms with E-state index in [0.717, 1.165) is 11.8 Å². The molecule has 0 spiro atoms. The highest BCUT2D eigenvalue weighted by molar-refractivity contribution is 5.47. The van der Waals surface area contributed by atoms with Crippen molar-refractivity contribution in [2.45, 2.75) is 13.0 Å². The Morgan fingerprint density at radius 1 is 1.29 bits per heavy atom. The monoisotopic (exact) mass is 233 g/mol. The normalized spacial score (nSPS) is 12.4. The summed E-state index contributed by atoms with van der Waals surface area (Å²) < 4.78 is 12.7. The third kappa shape index (κ3) is 2.24. The molecule has 0 saturated heterocycles. The zero-order valence-corrected chi connectivity index (χ0v) is 9.26. The molecule has 0 aromatic carbocycles. The van der Waals surface area contributed by atoms with Gasteiger partial charge in [-0.15, -0.1) is 0 Å². The summed E-state index contributed by atoms with van der Waals surface area (Å²) in [7, 11) is 0. The first-order valence-electron chi connectivity index (χ1n) is 5.10. The average molecular weight is 233 g/mol. The van der Waals surface area contributed by atoms with Crippen molar-refractivity contribution >= 4 is 5.82 Å². The summed E-state index contributed by atoms with van der Waals surface area (Å²) in [5.41, 5.74) is 7.38. The summed E-state index contributed by atoms with van der Waals surface area (Å²) >= 11 is 0. The van der Waals surface area contributed by atoms with Crippen LogP contribution in [0.15, 0.2) is 30.6 Å². The third-order valence-electron chi connectivity index (χ3n) is 2.54. The van der Waals surface area contributed by atoms with Gasteiger partial charge in [0.2, 0.25) is 0 Å². The van der Waals surface area contributed by atoms with Gasteiger partial charge in [0, 0.05) is 11.8 Å². The molecule has 0 aliphatic rings. The number of anilines is 1. The zero-order chi connectivity index (χ0) is 12.4. The molecule has 2 aromatic heterocycles. The van der Waals surface area contributed by atoms with Crippen LogP contribution in [0.2, 0.25) is 0 Å². The van der Waals surface area contributed by atoms with Crippen LogP contribution < -0.4 is 5.73 Å². The lowest BCUT2D eigenvalue weighted by Gasteiger charge is -2.14.